The van der Waals surface area contributed by atoms with Crippen molar-refractivity contribution in [1.82, 2.24) is 10.2 Å². The second kappa shape index (κ2) is 6.15. The lowest BCUT2D eigenvalue weighted by Gasteiger charge is -2.07. The van der Waals surface area contributed by atoms with E-state index in [2.05, 4.69) is 20.8 Å². The van der Waals surface area contributed by atoms with Gasteiger partial charge < -0.3 is 5.32 Å². The van der Waals surface area contributed by atoms with E-state index in [1.807, 2.05) is 13.8 Å². The third-order valence-corrected chi connectivity index (χ3v) is 3.20. The SMILES string of the molecule is CC(C)c1cc(NC(=O)Nc2cc(Cl)ccc2Cl)n[nH]1. The van der Waals surface area contributed by atoms with E-state index in [1.54, 1.807) is 24.3 Å². The van der Waals surface area contributed by atoms with Crippen LogP contribution in [0.4, 0.5) is 16.3 Å². The number of aromatic amines is 1. The molecule has 0 fully saturated rings. The van der Waals surface area contributed by atoms with Gasteiger partial charge in [0.15, 0.2) is 5.82 Å². The Bertz CT molecular complexity index is 625. The van der Waals surface area contributed by atoms with Crippen LogP contribution < -0.4 is 10.6 Å². The molecule has 1 aromatic heterocycles. The number of rotatable bonds is 3. The van der Waals surface area contributed by atoms with Crippen LogP contribution >= 0.6 is 23.2 Å². The molecule has 0 bridgehead atoms. The zero-order valence-electron chi connectivity index (χ0n) is 11.0. The second-order valence-electron chi connectivity index (χ2n) is 4.57. The third-order valence-electron chi connectivity index (χ3n) is 2.64. The highest BCUT2D eigenvalue weighted by Crippen LogP contribution is 2.25. The van der Waals surface area contributed by atoms with E-state index < -0.39 is 6.03 Å². The van der Waals surface area contributed by atoms with Crippen molar-refractivity contribution in [3.63, 3.8) is 0 Å². The van der Waals surface area contributed by atoms with Crippen molar-refractivity contribution < 1.29 is 4.79 Å². The van der Waals surface area contributed by atoms with Gasteiger partial charge in [-0.15, -0.1) is 0 Å². The van der Waals surface area contributed by atoms with E-state index in [1.165, 1.54) is 0 Å². The number of urea groups is 1. The zero-order chi connectivity index (χ0) is 14.7. The van der Waals surface area contributed by atoms with Gasteiger partial charge in [0.1, 0.15) is 0 Å². The smallest absolute Gasteiger partial charge is 0.306 e. The molecule has 2 amide bonds. The molecule has 2 aromatic rings. The molecule has 7 heteroatoms. The quantitative estimate of drug-likeness (QED) is 0.781. The van der Waals surface area contributed by atoms with Crippen LogP contribution in [-0.4, -0.2) is 16.2 Å². The number of anilines is 2. The minimum atomic E-state index is -0.434. The Hall–Kier alpha value is -1.72. The molecule has 0 atom stereocenters. The van der Waals surface area contributed by atoms with Gasteiger partial charge in [0.05, 0.1) is 10.7 Å². The number of nitrogens with one attached hydrogen (secondary N) is 3. The number of carbonyl (C=O) groups is 1. The summed E-state index contributed by atoms with van der Waals surface area (Å²) >= 11 is 11.8. The van der Waals surface area contributed by atoms with Crippen LogP contribution in [0.15, 0.2) is 24.3 Å². The van der Waals surface area contributed by atoms with Gasteiger partial charge in [0.25, 0.3) is 0 Å². The van der Waals surface area contributed by atoms with Crippen molar-refractivity contribution in [3.8, 4) is 0 Å². The van der Waals surface area contributed by atoms with Gasteiger partial charge in [0.2, 0.25) is 0 Å². The van der Waals surface area contributed by atoms with Crippen LogP contribution in [0, 0.1) is 0 Å². The molecule has 1 heterocycles. The van der Waals surface area contributed by atoms with Crippen LogP contribution in [0.2, 0.25) is 10.0 Å². The first kappa shape index (κ1) is 14.7. The Morgan fingerprint density at radius 2 is 2.00 bits per heavy atom. The fraction of sp³-hybridized carbons (Fsp3) is 0.231. The monoisotopic (exact) mass is 312 g/mol. The summed E-state index contributed by atoms with van der Waals surface area (Å²) in [4.78, 5) is 11.8. The lowest BCUT2D eigenvalue weighted by Crippen LogP contribution is -2.19. The molecule has 20 heavy (non-hydrogen) atoms. The molecular weight excluding hydrogens is 299 g/mol. The lowest BCUT2D eigenvalue weighted by atomic mass is 10.1. The van der Waals surface area contributed by atoms with Crippen LogP contribution in [0.5, 0.6) is 0 Å². The Morgan fingerprint density at radius 1 is 1.25 bits per heavy atom. The van der Waals surface area contributed by atoms with Crippen molar-refractivity contribution >= 4 is 40.7 Å². The Labute approximate surface area is 126 Å². The number of benzene rings is 1. The summed E-state index contributed by atoms with van der Waals surface area (Å²) in [5, 5.41) is 13.0. The van der Waals surface area contributed by atoms with Crippen molar-refractivity contribution in [2.45, 2.75) is 19.8 Å². The Balaban J connectivity index is 2.03. The van der Waals surface area contributed by atoms with Gasteiger partial charge in [-0.1, -0.05) is 37.0 Å². The predicted octanol–water partition coefficient (Wildman–Crippen LogP) is 4.48. The molecule has 0 aliphatic rings. The Morgan fingerprint density at radius 3 is 2.65 bits per heavy atom. The number of halogens is 2. The molecule has 0 unspecified atom stereocenters. The largest absolute Gasteiger partial charge is 0.324 e. The van der Waals surface area contributed by atoms with Crippen LogP contribution in [-0.2, 0) is 0 Å². The maximum absolute atomic E-state index is 11.8. The molecule has 0 saturated heterocycles. The van der Waals surface area contributed by atoms with Crippen LogP contribution in [0.3, 0.4) is 0 Å². The number of H-pyrrole nitrogens is 1. The minimum Gasteiger partial charge on any atom is -0.306 e. The summed E-state index contributed by atoms with van der Waals surface area (Å²) in [6.07, 6.45) is 0. The molecule has 0 spiro atoms. The predicted molar refractivity (Wildman–Crippen MR) is 81.8 cm³/mol. The lowest BCUT2D eigenvalue weighted by molar-refractivity contribution is 0.262. The summed E-state index contributed by atoms with van der Waals surface area (Å²) in [5.74, 6) is 0.757. The van der Waals surface area contributed by atoms with Gasteiger partial charge in [-0.25, -0.2) is 4.79 Å². The summed E-state index contributed by atoms with van der Waals surface area (Å²) in [6.45, 7) is 4.06. The van der Waals surface area contributed by atoms with E-state index in [0.717, 1.165) is 5.69 Å². The van der Waals surface area contributed by atoms with E-state index in [4.69, 9.17) is 23.2 Å². The number of carbonyl (C=O) groups excluding carboxylic acids is 1. The maximum atomic E-state index is 11.8. The Kier molecular flexibility index (Phi) is 4.52. The molecule has 1 aromatic carbocycles. The van der Waals surface area contributed by atoms with E-state index in [-0.39, 0.29) is 0 Å². The summed E-state index contributed by atoms with van der Waals surface area (Å²) < 4.78 is 0. The summed E-state index contributed by atoms with van der Waals surface area (Å²) in [5.41, 5.74) is 1.39. The van der Waals surface area contributed by atoms with Crippen molar-refractivity contribution in [2.24, 2.45) is 0 Å². The van der Waals surface area contributed by atoms with Crippen molar-refractivity contribution in [1.29, 1.82) is 0 Å². The fourth-order valence-corrected chi connectivity index (χ4v) is 1.90. The number of aromatic nitrogens is 2. The van der Waals surface area contributed by atoms with E-state index in [9.17, 15) is 4.79 Å². The van der Waals surface area contributed by atoms with E-state index >= 15 is 0 Å². The van der Waals surface area contributed by atoms with Gasteiger partial charge in [-0.05, 0) is 24.1 Å². The molecule has 0 aliphatic carbocycles. The average molecular weight is 313 g/mol. The highest BCUT2D eigenvalue weighted by Gasteiger charge is 2.10. The van der Waals surface area contributed by atoms with Gasteiger partial charge >= 0.3 is 6.03 Å². The van der Waals surface area contributed by atoms with Crippen molar-refractivity contribution in [2.75, 3.05) is 10.6 Å². The van der Waals surface area contributed by atoms with E-state index in [0.29, 0.717) is 27.5 Å². The number of amides is 2. The summed E-state index contributed by atoms with van der Waals surface area (Å²) in [6, 6.07) is 6.19. The van der Waals surface area contributed by atoms with Gasteiger partial charge in [0, 0.05) is 16.8 Å². The standard InChI is InChI=1S/C13H14Cl2N4O/c1-7(2)10-6-12(19-18-10)17-13(20)16-11-5-8(14)3-4-9(11)15/h3-7H,1-2H3,(H3,16,17,18,19,20). The topological polar surface area (TPSA) is 69.8 Å². The average Bonchev–Trinajstić information content (AvgIpc) is 2.82. The highest BCUT2D eigenvalue weighted by molar-refractivity contribution is 6.35. The number of hydrogen-bond acceptors (Lipinski definition) is 2. The molecule has 106 valence electrons. The molecule has 5 nitrogen and oxygen atoms in total. The van der Waals surface area contributed by atoms with Crippen molar-refractivity contribution in [3.05, 3.63) is 40.0 Å². The molecule has 0 radical (unpaired) electrons. The van der Waals surface area contributed by atoms with Crippen LogP contribution in [0.25, 0.3) is 0 Å². The summed E-state index contributed by atoms with van der Waals surface area (Å²) in [7, 11) is 0. The number of hydrogen-bond donors (Lipinski definition) is 3. The molecular formula is C13H14Cl2N4O. The first-order valence-electron chi connectivity index (χ1n) is 6.04. The zero-order valence-corrected chi connectivity index (χ0v) is 12.5. The van der Waals surface area contributed by atoms with Gasteiger partial charge in [-0.3, -0.25) is 10.4 Å². The minimum absolute atomic E-state index is 0.309. The first-order chi connectivity index (χ1) is 9.45. The molecule has 3 N–H and O–H groups in total. The highest BCUT2D eigenvalue weighted by atomic mass is 35.5. The molecule has 2 rings (SSSR count). The normalized spacial score (nSPS) is 10.7. The second-order valence-corrected chi connectivity index (χ2v) is 5.41. The molecule has 0 saturated carbocycles. The van der Waals surface area contributed by atoms with Crippen LogP contribution in [0.1, 0.15) is 25.5 Å². The third kappa shape index (κ3) is 3.65. The first-order valence-corrected chi connectivity index (χ1v) is 6.79. The van der Waals surface area contributed by atoms with Gasteiger partial charge in [-0.2, -0.15) is 5.10 Å². The number of nitrogens with zero attached hydrogens (tertiary/aromatic N) is 1. The fourth-order valence-electron chi connectivity index (χ4n) is 1.56. The maximum Gasteiger partial charge on any atom is 0.324 e. The molecule has 0 aliphatic heterocycles.